The lowest BCUT2D eigenvalue weighted by molar-refractivity contribution is -0.265. The molecule has 2 saturated heterocycles. The number of carbonyl (C=O) groups is 1. The summed E-state index contributed by atoms with van der Waals surface area (Å²) in [6, 6.07) is 8.41. The predicted molar refractivity (Wildman–Crippen MR) is 81.2 cm³/mol. The maximum atomic E-state index is 14.7. The van der Waals surface area contributed by atoms with Crippen LogP contribution >= 0.6 is 0 Å². The molecule has 2 aliphatic rings. The molecule has 6 heteroatoms. The molecule has 23 heavy (non-hydrogen) atoms. The van der Waals surface area contributed by atoms with Gasteiger partial charge in [0.1, 0.15) is 23.7 Å². The summed E-state index contributed by atoms with van der Waals surface area (Å²) in [4.78, 5) is 17.9. The Labute approximate surface area is 135 Å². The second-order valence-corrected chi connectivity index (χ2v) is 6.48. The zero-order valence-electron chi connectivity index (χ0n) is 13.8. The van der Waals surface area contributed by atoms with E-state index >= 15 is 0 Å². The lowest BCUT2D eigenvalue weighted by atomic mass is 9.62. The van der Waals surface area contributed by atoms with Crippen molar-refractivity contribution < 1.29 is 23.5 Å². The Kier molecular flexibility index (Phi) is 3.94. The molecule has 0 radical (unpaired) electrons. The van der Waals surface area contributed by atoms with Gasteiger partial charge in [-0.15, -0.1) is 0 Å². The summed E-state index contributed by atoms with van der Waals surface area (Å²) < 4.78 is 26.3. The van der Waals surface area contributed by atoms with Crippen LogP contribution in [0, 0.1) is 0 Å². The van der Waals surface area contributed by atoms with E-state index in [0.717, 1.165) is 0 Å². The Hall–Kier alpha value is -1.50. The lowest BCUT2D eigenvalue weighted by Gasteiger charge is -2.56. The number of hydrogen-bond acceptors (Lipinski definition) is 4. The largest absolute Gasteiger partial charge is 0.348 e. The molecule has 1 amide bonds. The van der Waals surface area contributed by atoms with Gasteiger partial charge in [-0.1, -0.05) is 30.3 Å². The van der Waals surface area contributed by atoms with Gasteiger partial charge in [-0.25, -0.2) is 9.45 Å². The van der Waals surface area contributed by atoms with E-state index < -0.39 is 29.5 Å². The topological polar surface area (TPSA) is 48.0 Å². The van der Waals surface area contributed by atoms with E-state index in [1.165, 1.54) is 19.1 Å². The number of nitrogens with zero attached hydrogens (tertiary/aromatic N) is 1. The number of amides is 1. The monoisotopic (exact) mass is 323 g/mol. The first-order valence-electron chi connectivity index (χ1n) is 7.73. The van der Waals surface area contributed by atoms with Gasteiger partial charge in [0, 0.05) is 0 Å². The molecule has 2 fully saturated rings. The van der Waals surface area contributed by atoms with E-state index in [1.807, 2.05) is 6.07 Å². The maximum Gasteiger partial charge on any atom is 0.262 e. The number of ether oxygens (including phenoxy) is 2. The summed E-state index contributed by atoms with van der Waals surface area (Å²) in [6.45, 7) is 5.29. The minimum Gasteiger partial charge on any atom is -0.348 e. The van der Waals surface area contributed by atoms with Crippen LogP contribution in [0.5, 0.6) is 0 Å². The van der Waals surface area contributed by atoms with Crippen molar-refractivity contribution in [3.63, 3.8) is 0 Å². The van der Waals surface area contributed by atoms with Crippen LogP contribution in [0.4, 0.5) is 4.39 Å². The van der Waals surface area contributed by atoms with Crippen molar-refractivity contribution in [1.29, 1.82) is 0 Å². The Morgan fingerprint density at radius 1 is 1.35 bits per heavy atom. The minimum atomic E-state index is -1.39. The summed E-state index contributed by atoms with van der Waals surface area (Å²) in [6.07, 6.45) is -1.85. The molecule has 126 valence electrons. The van der Waals surface area contributed by atoms with E-state index in [2.05, 4.69) is 0 Å². The normalized spacial score (nSPS) is 34.3. The molecular weight excluding hydrogens is 301 g/mol. The Morgan fingerprint density at radius 3 is 2.48 bits per heavy atom. The molecule has 5 nitrogen and oxygen atoms in total. The SMILES string of the molecule is CON1C(=O)[C@](c2ccccc2)([C@@H](C)F)[C@H]1[C@H]1COC(C)(C)O1. The minimum absolute atomic E-state index is 0.284. The fraction of sp³-hybridized carbons (Fsp3) is 0.588. The quantitative estimate of drug-likeness (QED) is 0.797. The molecule has 1 aromatic carbocycles. The molecule has 0 aliphatic carbocycles. The van der Waals surface area contributed by atoms with Crippen LogP contribution in [0.3, 0.4) is 0 Å². The van der Waals surface area contributed by atoms with E-state index in [-0.39, 0.29) is 12.5 Å². The third-order valence-electron chi connectivity index (χ3n) is 4.73. The molecule has 4 atom stereocenters. The summed E-state index contributed by atoms with van der Waals surface area (Å²) in [5, 5.41) is 1.21. The average molecular weight is 323 g/mol. The summed E-state index contributed by atoms with van der Waals surface area (Å²) >= 11 is 0. The van der Waals surface area contributed by atoms with Crippen molar-refractivity contribution >= 4 is 5.91 Å². The second-order valence-electron chi connectivity index (χ2n) is 6.48. The van der Waals surface area contributed by atoms with Crippen molar-refractivity contribution in [3.05, 3.63) is 35.9 Å². The average Bonchev–Trinajstić information content (AvgIpc) is 2.85. The smallest absolute Gasteiger partial charge is 0.262 e. The van der Waals surface area contributed by atoms with E-state index in [4.69, 9.17) is 14.3 Å². The molecule has 0 saturated carbocycles. The molecule has 1 aromatic rings. The Bertz CT molecular complexity index is 592. The molecule has 2 heterocycles. The third-order valence-corrected chi connectivity index (χ3v) is 4.73. The highest BCUT2D eigenvalue weighted by atomic mass is 19.1. The van der Waals surface area contributed by atoms with E-state index in [1.54, 1.807) is 38.1 Å². The Balaban J connectivity index is 2.05. The van der Waals surface area contributed by atoms with Gasteiger partial charge < -0.3 is 9.47 Å². The number of hydrogen-bond donors (Lipinski definition) is 0. The highest BCUT2D eigenvalue weighted by Crippen LogP contribution is 2.49. The Morgan fingerprint density at radius 2 is 2.00 bits per heavy atom. The number of halogens is 1. The first-order chi connectivity index (χ1) is 10.8. The molecular formula is C17H22FNO4. The van der Waals surface area contributed by atoms with Gasteiger partial charge >= 0.3 is 0 Å². The molecule has 0 bridgehead atoms. The number of β-lactam (4-membered cyclic amide) rings is 1. The number of benzene rings is 1. The highest BCUT2D eigenvalue weighted by molar-refractivity contribution is 5.96. The first-order valence-corrected chi connectivity index (χ1v) is 7.73. The molecule has 0 spiro atoms. The third kappa shape index (κ3) is 2.28. The number of alkyl halides is 1. The van der Waals surface area contributed by atoms with Crippen molar-refractivity contribution in [2.75, 3.05) is 13.7 Å². The summed E-state index contributed by atoms with van der Waals surface area (Å²) in [5.41, 5.74) is -0.683. The van der Waals surface area contributed by atoms with Gasteiger partial charge in [-0.05, 0) is 26.3 Å². The predicted octanol–water partition coefficient (Wildman–Crippen LogP) is 2.21. The summed E-state index contributed by atoms with van der Waals surface area (Å²) in [5.74, 6) is -1.15. The molecule has 3 rings (SSSR count). The van der Waals surface area contributed by atoms with Gasteiger partial charge in [0.25, 0.3) is 5.91 Å². The van der Waals surface area contributed by atoms with Crippen molar-refractivity contribution in [2.24, 2.45) is 0 Å². The van der Waals surface area contributed by atoms with Crippen LogP contribution in [0.2, 0.25) is 0 Å². The fourth-order valence-electron chi connectivity index (χ4n) is 3.71. The van der Waals surface area contributed by atoms with E-state index in [9.17, 15) is 9.18 Å². The summed E-state index contributed by atoms with van der Waals surface area (Å²) in [7, 11) is 1.41. The van der Waals surface area contributed by atoms with Crippen LogP contribution in [-0.2, 0) is 24.5 Å². The van der Waals surface area contributed by atoms with E-state index in [0.29, 0.717) is 5.56 Å². The highest BCUT2D eigenvalue weighted by Gasteiger charge is 2.69. The van der Waals surface area contributed by atoms with Gasteiger partial charge in [0.05, 0.1) is 13.7 Å². The molecule has 0 N–H and O–H groups in total. The van der Waals surface area contributed by atoms with Crippen molar-refractivity contribution in [1.82, 2.24) is 5.06 Å². The standard InChI is InChI=1S/C17H22FNO4/c1-11(18)17(12-8-6-5-7-9-12)14(19(21-4)15(17)20)13-10-22-16(2,3)23-13/h5-9,11,13-14H,10H2,1-4H3/t11-,13-,14-,17+/m1/s1. The lowest BCUT2D eigenvalue weighted by Crippen LogP contribution is -2.77. The second kappa shape index (κ2) is 5.54. The van der Waals surface area contributed by atoms with Gasteiger partial charge in [-0.2, -0.15) is 0 Å². The van der Waals surface area contributed by atoms with Gasteiger partial charge in [-0.3, -0.25) is 9.63 Å². The van der Waals surface area contributed by atoms with Gasteiger partial charge in [0.15, 0.2) is 5.79 Å². The van der Waals surface area contributed by atoms with Crippen LogP contribution in [-0.4, -0.2) is 48.8 Å². The molecule has 0 aromatic heterocycles. The zero-order chi connectivity index (χ0) is 16.8. The first kappa shape index (κ1) is 16.4. The van der Waals surface area contributed by atoms with Gasteiger partial charge in [0.2, 0.25) is 0 Å². The number of carbonyl (C=O) groups excluding carboxylic acids is 1. The number of hydroxylamine groups is 2. The van der Waals surface area contributed by atoms with Crippen LogP contribution in [0.25, 0.3) is 0 Å². The molecule has 0 unspecified atom stereocenters. The molecule has 2 aliphatic heterocycles. The number of rotatable bonds is 4. The maximum absolute atomic E-state index is 14.7. The van der Waals surface area contributed by atoms with Crippen LogP contribution < -0.4 is 0 Å². The van der Waals surface area contributed by atoms with Crippen LogP contribution in [0.15, 0.2) is 30.3 Å². The van der Waals surface area contributed by atoms with Crippen LogP contribution in [0.1, 0.15) is 26.3 Å². The van der Waals surface area contributed by atoms with Crippen molar-refractivity contribution in [3.8, 4) is 0 Å². The zero-order valence-corrected chi connectivity index (χ0v) is 13.8. The fourth-order valence-corrected chi connectivity index (χ4v) is 3.71. The van der Waals surface area contributed by atoms with Crippen molar-refractivity contribution in [2.45, 2.75) is 50.3 Å².